The topological polar surface area (TPSA) is 75.6 Å². The number of carbonyl (C=O) groups is 2. The molecule has 2 amide bonds. The third-order valence-electron chi connectivity index (χ3n) is 1.60. The lowest BCUT2D eigenvalue weighted by Crippen LogP contribution is -2.19. The second-order valence-electron chi connectivity index (χ2n) is 2.53. The van der Waals surface area contributed by atoms with Crippen LogP contribution in [0.3, 0.4) is 0 Å². The zero-order valence-electron chi connectivity index (χ0n) is 6.75. The minimum atomic E-state index is -0.796. The Morgan fingerprint density at radius 2 is 2.17 bits per heavy atom. The molecule has 66 valence electrons. The number of ether oxygens (including phenoxy) is 1. The highest BCUT2D eigenvalue weighted by Gasteiger charge is 2.29. The van der Waals surface area contributed by atoms with Gasteiger partial charge < -0.3 is 9.84 Å². The number of hydrogen-bond acceptors (Lipinski definition) is 4. The Morgan fingerprint density at radius 3 is 2.50 bits per heavy atom. The maximum absolute atomic E-state index is 10.9. The molecule has 12 heavy (non-hydrogen) atoms. The Kier molecular flexibility index (Phi) is 2.14. The lowest BCUT2D eigenvalue weighted by Gasteiger charge is -2.04. The number of amides is 2. The van der Waals surface area contributed by atoms with Crippen LogP contribution < -0.4 is 5.32 Å². The van der Waals surface area contributed by atoms with Gasteiger partial charge in [-0.15, -0.1) is 0 Å². The van der Waals surface area contributed by atoms with Gasteiger partial charge >= 0.3 is 6.09 Å². The van der Waals surface area contributed by atoms with E-state index in [0.717, 1.165) is 0 Å². The first kappa shape index (κ1) is 8.73. The normalized spacial score (nSPS) is 23.2. The van der Waals surface area contributed by atoms with Gasteiger partial charge in [-0.1, -0.05) is 0 Å². The Balaban J connectivity index is 2.95. The van der Waals surface area contributed by atoms with Gasteiger partial charge in [0.05, 0.1) is 6.10 Å². The first-order valence-corrected chi connectivity index (χ1v) is 3.44. The standard InChI is InChI=1S/C7H9NO4/c1-3(4(2)9)5-6(10)8-7(11)12-5/h4,9H,1-2H3,(H,8,10,11)/b5-3+/t4-/m1/s1. The van der Waals surface area contributed by atoms with E-state index < -0.39 is 18.1 Å². The van der Waals surface area contributed by atoms with Crippen molar-refractivity contribution in [3.05, 3.63) is 11.3 Å². The van der Waals surface area contributed by atoms with Crippen molar-refractivity contribution in [2.75, 3.05) is 0 Å². The van der Waals surface area contributed by atoms with Gasteiger partial charge in [-0.3, -0.25) is 10.1 Å². The van der Waals surface area contributed by atoms with E-state index in [2.05, 4.69) is 4.74 Å². The summed E-state index contributed by atoms with van der Waals surface area (Å²) in [5.41, 5.74) is 0.346. The summed E-state index contributed by atoms with van der Waals surface area (Å²) in [6.07, 6.45) is -1.59. The molecule has 5 heteroatoms. The van der Waals surface area contributed by atoms with Crippen molar-refractivity contribution in [2.45, 2.75) is 20.0 Å². The zero-order valence-corrected chi connectivity index (χ0v) is 6.75. The molecule has 1 heterocycles. The molecule has 1 fully saturated rings. The molecule has 0 aromatic carbocycles. The first-order valence-electron chi connectivity index (χ1n) is 3.44. The maximum atomic E-state index is 10.9. The van der Waals surface area contributed by atoms with Crippen molar-refractivity contribution in [2.24, 2.45) is 0 Å². The van der Waals surface area contributed by atoms with Gasteiger partial charge in [0.15, 0.2) is 5.76 Å². The van der Waals surface area contributed by atoms with Crippen LogP contribution in [0.1, 0.15) is 13.8 Å². The van der Waals surface area contributed by atoms with Crippen molar-refractivity contribution in [1.82, 2.24) is 5.32 Å². The molecule has 0 bridgehead atoms. The zero-order chi connectivity index (χ0) is 9.30. The van der Waals surface area contributed by atoms with Crippen molar-refractivity contribution in [1.29, 1.82) is 0 Å². The van der Waals surface area contributed by atoms with Crippen molar-refractivity contribution < 1.29 is 19.4 Å². The smallest absolute Gasteiger partial charge is 0.404 e. The largest absolute Gasteiger partial charge is 0.419 e. The van der Waals surface area contributed by atoms with Gasteiger partial charge in [0.2, 0.25) is 0 Å². The number of imide groups is 1. The van der Waals surface area contributed by atoms with Gasteiger partial charge in [-0.05, 0) is 13.8 Å². The molecule has 0 aliphatic carbocycles. The van der Waals surface area contributed by atoms with Crippen LogP contribution in [0.2, 0.25) is 0 Å². The second kappa shape index (κ2) is 2.94. The minimum Gasteiger partial charge on any atom is -0.404 e. The number of alkyl carbamates (subject to hydrolysis) is 1. The average Bonchev–Trinajstić information content (AvgIpc) is 2.28. The number of cyclic esters (lactones) is 1. The molecule has 1 rings (SSSR count). The molecule has 2 N–H and O–H groups in total. The van der Waals surface area contributed by atoms with Gasteiger partial charge in [0.1, 0.15) is 0 Å². The molecule has 0 radical (unpaired) electrons. The van der Waals surface area contributed by atoms with E-state index in [-0.39, 0.29) is 5.76 Å². The van der Waals surface area contributed by atoms with Crippen molar-refractivity contribution in [3.8, 4) is 0 Å². The van der Waals surface area contributed by atoms with Crippen LogP contribution in [-0.4, -0.2) is 23.2 Å². The first-order chi connectivity index (χ1) is 5.52. The van der Waals surface area contributed by atoms with E-state index >= 15 is 0 Å². The molecule has 5 nitrogen and oxygen atoms in total. The number of aliphatic hydroxyl groups excluding tert-OH is 1. The summed E-state index contributed by atoms with van der Waals surface area (Å²) >= 11 is 0. The lowest BCUT2D eigenvalue weighted by molar-refractivity contribution is -0.116. The fraction of sp³-hybridized carbons (Fsp3) is 0.429. The van der Waals surface area contributed by atoms with Crippen LogP contribution in [-0.2, 0) is 9.53 Å². The van der Waals surface area contributed by atoms with Crippen LogP contribution in [0.15, 0.2) is 11.3 Å². The van der Waals surface area contributed by atoms with Gasteiger partial charge in [0, 0.05) is 5.57 Å². The molecule has 0 spiro atoms. The Morgan fingerprint density at radius 1 is 1.58 bits per heavy atom. The van der Waals surface area contributed by atoms with Crippen LogP contribution in [0.4, 0.5) is 4.79 Å². The van der Waals surface area contributed by atoms with Crippen LogP contribution in [0.25, 0.3) is 0 Å². The van der Waals surface area contributed by atoms with Crippen molar-refractivity contribution in [3.63, 3.8) is 0 Å². The van der Waals surface area contributed by atoms with Gasteiger partial charge in [-0.25, -0.2) is 4.79 Å². The Labute approximate surface area is 69.0 Å². The molecule has 1 saturated heterocycles. The number of nitrogens with one attached hydrogen (secondary N) is 1. The molecule has 1 aliphatic heterocycles. The third-order valence-corrected chi connectivity index (χ3v) is 1.60. The molecular formula is C7H9NO4. The summed E-state index contributed by atoms with van der Waals surface area (Å²) in [6.45, 7) is 3.01. The summed E-state index contributed by atoms with van der Waals surface area (Å²) in [6, 6.07) is 0. The highest BCUT2D eigenvalue weighted by molar-refractivity contribution is 6.07. The predicted molar refractivity (Wildman–Crippen MR) is 39.0 cm³/mol. The van der Waals surface area contributed by atoms with E-state index in [1.54, 1.807) is 0 Å². The molecule has 0 aromatic heterocycles. The molecule has 1 aliphatic rings. The van der Waals surface area contributed by atoms with E-state index in [0.29, 0.717) is 5.57 Å². The number of carbonyl (C=O) groups excluding carboxylic acids is 2. The Hall–Kier alpha value is -1.36. The summed E-state index contributed by atoms with van der Waals surface area (Å²) < 4.78 is 4.52. The summed E-state index contributed by atoms with van der Waals surface area (Å²) in [7, 11) is 0. The monoisotopic (exact) mass is 171 g/mol. The maximum Gasteiger partial charge on any atom is 0.419 e. The summed E-state index contributed by atoms with van der Waals surface area (Å²) in [4.78, 5) is 21.4. The van der Waals surface area contributed by atoms with E-state index in [9.17, 15) is 9.59 Å². The molecule has 0 saturated carbocycles. The fourth-order valence-corrected chi connectivity index (χ4v) is 0.763. The van der Waals surface area contributed by atoms with Crippen LogP contribution in [0.5, 0.6) is 0 Å². The van der Waals surface area contributed by atoms with Crippen LogP contribution >= 0.6 is 0 Å². The molecular weight excluding hydrogens is 162 g/mol. The van der Waals surface area contributed by atoms with E-state index in [4.69, 9.17) is 5.11 Å². The fourth-order valence-electron chi connectivity index (χ4n) is 0.763. The third kappa shape index (κ3) is 1.45. The van der Waals surface area contributed by atoms with E-state index in [1.165, 1.54) is 13.8 Å². The number of aliphatic hydroxyl groups is 1. The second-order valence-corrected chi connectivity index (χ2v) is 2.53. The summed E-state index contributed by atoms with van der Waals surface area (Å²) in [5.74, 6) is -0.701. The number of rotatable bonds is 1. The minimum absolute atomic E-state index is 0.102. The SMILES string of the molecule is C/C(=C1\OC(=O)NC1=O)[C@@H](C)O. The molecule has 0 unspecified atom stereocenters. The van der Waals surface area contributed by atoms with Gasteiger partial charge in [0.25, 0.3) is 5.91 Å². The molecule has 1 atom stereocenters. The predicted octanol–water partition coefficient (Wildman–Crippen LogP) is -0.0924. The Bertz CT molecular complexity index is 267. The van der Waals surface area contributed by atoms with Crippen molar-refractivity contribution >= 4 is 12.0 Å². The van der Waals surface area contributed by atoms with Gasteiger partial charge in [-0.2, -0.15) is 0 Å². The highest BCUT2D eigenvalue weighted by Crippen LogP contribution is 2.14. The lowest BCUT2D eigenvalue weighted by atomic mass is 10.1. The van der Waals surface area contributed by atoms with Crippen LogP contribution in [0, 0.1) is 0 Å². The average molecular weight is 171 g/mol. The number of hydrogen-bond donors (Lipinski definition) is 2. The molecule has 0 aromatic rings. The quantitative estimate of drug-likeness (QED) is 0.540. The summed E-state index contributed by atoms with van der Waals surface area (Å²) in [5, 5.41) is 11.0. The van der Waals surface area contributed by atoms with E-state index in [1.807, 2.05) is 5.32 Å². The highest BCUT2D eigenvalue weighted by atomic mass is 16.6.